The molecule has 24 heavy (non-hydrogen) atoms. The number of nitrogens with one attached hydrogen (secondary N) is 1. The first kappa shape index (κ1) is 17.6. The van der Waals surface area contributed by atoms with Crippen molar-refractivity contribution in [1.29, 1.82) is 0 Å². The van der Waals surface area contributed by atoms with Crippen LogP contribution in [0, 0.1) is 5.82 Å². The maximum Gasteiger partial charge on any atom is 0.416 e. The van der Waals surface area contributed by atoms with Crippen molar-refractivity contribution in [2.24, 2.45) is 10.7 Å². The van der Waals surface area contributed by atoms with Gasteiger partial charge >= 0.3 is 6.18 Å². The molecule has 4 nitrogen and oxygen atoms in total. The van der Waals surface area contributed by atoms with Gasteiger partial charge in [-0.3, -0.25) is 0 Å². The van der Waals surface area contributed by atoms with Gasteiger partial charge in [-0.25, -0.2) is 9.38 Å². The third-order valence-corrected chi connectivity index (χ3v) is 3.16. The summed E-state index contributed by atoms with van der Waals surface area (Å²) in [6, 6.07) is 9.18. The van der Waals surface area contributed by atoms with E-state index in [0.717, 1.165) is 12.1 Å². The molecular weight excluding hydrogens is 326 g/mol. The number of ether oxygens (including phenoxy) is 1. The number of halogens is 4. The van der Waals surface area contributed by atoms with Gasteiger partial charge < -0.3 is 15.8 Å². The van der Waals surface area contributed by atoms with Crippen LogP contribution in [0.4, 0.5) is 23.2 Å². The van der Waals surface area contributed by atoms with Crippen molar-refractivity contribution in [3.8, 4) is 5.75 Å². The topological polar surface area (TPSA) is 59.6 Å². The Labute approximate surface area is 136 Å². The Hall–Kier alpha value is -2.77. The molecule has 0 fully saturated rings. The standard InChI is InChI=1S/C16H15F4N3O/c1-24-13-6-4-12(5-7-13)23-15(21)22-9-10-2-3-11(17)8-14(10)16(18,19)20/h2-8H,9H2,1H3,(H3,21,22,23). The highest BCUT2D eigenvalue weighted by molar-refractivity contribution is 5.92. The highest BCUT2D eigenvalue weighted by atomic mass is 19.4. The van der Waals surface area contributed by atoms with Crippen LogP contribution in [0.3, 0.4) is 0 Å². The highest BCUT2D eigenvalue weighted by Gasteiger charge is 2.33. The minimum atomic E-state index is -4.66. The molecule has 0 aliphatic heterocycles. The molecule has 0 amide bonds. The smallest absolute Gasteiger partial charge is 0.416 e. The highest BCUT2D eigenvalue weighted by Crippen LogP contribution is 2.32. The summed E-state index contributed by atoms with van der Waals surface area (Å²) < 4.78 is 56.7. The first-order valence-electron chi connectivity index (χ1n) is 6.86. The summed E-state index contributed by atoms with van der Waals surface area (Å²) in [6.07, 6.45) is -4.66. The summed E-state index contributed by atoms with van der Waals surface area (Å²) in [5.74, 6) is -0.366. The van der Waals surface area contributed by atoms with E-state index < -0.39 is 17.6 Å². The second-order valence-corrected chi connectivity index (χ2v) is 4.85. The zero-order valence-corrected chi connectivity index (χ0v) is 12.7. The molecule has 0 spiro atoms. The molecule has 128 valence electrons. The maximum absolute atomic E-state index is 13.0. The Bertz CT molecular complexity index is 727. The van der Waals surface area contributed by atoms with Gasteiger partial charge in [0.25, 0.3) is 0 Å². The second-order valence-electron chi connectivity index (χ2n) is 4.85. The normalized spacial score (nSPS) is 12.1. The van der Waals surface area contributed by atoms with E-state index in [-0.39, 0.29) is 18.1 Å². The van der Waals surface area contributed by atoms with Gasteiger partial charge in [-0.05, 0) is 42.0 Å². The third-order valence-electron chi connectivity index (χ3n) is 3.16. The zero-order valence-electron chi connectivity index (χ0n) is 12.7. The van der Waals surface area contributed by atoms with Gasteiger partial charge in [0.05, 0.1) is 19.2 Å². The lowest BCUT2D eigenvalue weighted by molar-refractivity contribution is -0.138. The quantitative estimate of drug-likeness (QED) is 0.505. The molecule has 2 rings (SSSR count). The lowest BCUT2D eigenvalue weighted by Crippen LogP contribution is -2.22. The molecule has 0 atom stereocenters. The van der Waals surface area contributed by atoms with Crippen LogP contribution in [0.1, 0.15) is 11.1 Å². The Kier molecular flexibility index (Phi) is 5.28. The molecule has 0 radical (unpaired) electrons. The molecule has 3 N–H and O–H groups in total. The number of aliphatic imine (C=N–C) groups is 1. The molecule has 0 heterocycles. The van der Waals surface area contributed by atoms with E-state index in [2.05, 4.69) is 10.3 Å². The van der Waals surface area contributed by atoms with Crippen LogP contribution in [-0.4, -0.2) is 13.1 Å². The summed E-state index contributed by atoms with van der Waals surface area (Å²) in [6.45, 7) is -0.329. The van der Waals surface area contributed by atoms with Gasteiger partial charge in [-0.1, -0.05) is 6.07 Å². The Morgan fingerprint density at radius 2 is 1.83 bits per heavy atom. The zero-order chi connectivity index (χ0) is 17.7. The second kappa shape index (κ2) is 7.20. The Balaban J connectivity index is 2.12. The molecule has 0 saturated carbocycles. The molecule has 0 bridgehead atoms. The number of benzene rings is 2. The molecule has 2 aromatic carbocycles. The number of alkyl halides is 3. The fraction of sp³-hybridized carbons (Fsp3) is 0.188. The van der Waals surface area contributed by atoms with Gasteiger partial charge in [-0.15, -0.1) is 0 Å². The molecule has 0 aliphatic carbocycles. The van der Waals surface area contributed by atoms with E-state index in [1.54, 1.807) is 24.3 Å². The largest absolute Gasteiger partial charge is 0.497 e. The van der Waals surface area contributed by atoms with Gasteiger partial charge in [0.1, 0.15) is 11.6 Å². The number of methoxy groups -OCH3 is 1. The van der Waals surface area contributed by atoms with E-state index >= 15 is 0 Å². The van der Waals surface area contributed by atoms with Gasteiger partial charge in [-0.2, -0.15) is 13.2 Å². The summed E-state index contributed by atoms with van der Waals surface area (Å²) in [5, 5.41) is 2.75. The van der Waals surface area contributed by atoms with Crippen LogP contribution in [0.15, 0.2) is 47.5 Å². The van der Waals surface area contributed by atoms with Crippen LogP contribution >= 0.6 is 0 Å². The Morgan fingerprint density at radius 1 is 1.17 bits per heavy atom. The summed E-state index contributed by atoms with van der Waals surface area (Å²) in [5.41, 5.74) is 5.04. The van der Waals surface area contributed by atoms with Gasteiger partial charge in [0.15, 0.2) is 5.96 Å². The molecule has 0 unspecified atom stereocenters. The van der Waals surface area contributed by atoms with E-state index in [1.807, 2.05) is 0 Å². The predicted molar refractivity (Wildman–Crippen MR) is 83.3 cm³/mol. The van der Waals surface area contributed by atoms with E-state index in [9.17, 15) is 17.6 Å². The lowest BCUT2D eigenvalue weighted by Gasteiger charge is -2.12. The number of hydrogen-bond acceptors (Lipinski definition) is 2. The van der Waals surface area contributed by atoms with Crippen LogP contribution in [0.25, 0.3) is 0 Å². The van der Waals surface area contributed by atoms with Crippen molar-refractivity contribution < 1.29 is 22.3 Å². The first-order valence-corrected chi connectivity index (χ1v) is 6.86. The number of nitrogens with zero attached hydrogens (tertiary/aromatic N) is 1. The average molecular weight is 341 g/mol. The summed E-state index contributed by atoms with van der Waals surface area (Å²) >= 11 is 0. The minimum Gasteiger partial charge on any atom is -0.497 e. The minimum absolute atomic E-state index is 0.0578. The predicted octanol–water partition coefficient (Wildman–Crippen LogP) is 3.78. The average Bonchev–Trinajstić information content (AvgIpc) is 2.53. The first-order chi connectivity index (χ1) is 11.3. The van der Waals surface area contributed by atoms with Gasteiger partial charge in [0, 0.05) is 5.69 Å². The molecular formula is C16H15F4N3O. The summed E-state index contributed by atoms with van der Waals surface area (Å²) in [7, 11) is 1.53. The molecule has 0 aliphatic rings. The van der Waals surface area contributed by atoms with Gasteiger partial charge in [0.2, 0.25) is 0 Å². The fourth-order valence-corrected chi connectivity index (χ4v) is 1.98. The third kappa shape index (κ3) is 4.61. The number of anilines is 1. The molecule has 0 aromatic heterocycles. The van der Waals surface area contributed by atoms with Crippen LogP contribution in [0.2, 0.25) is 0 Å². The number of rotatable bonds is 4. The number of hydrogen-bond donors (Lipinski definition) is 2. The lowest BCUT2D eigenvalue weighted by atomic mass is 10.1. The molecule has 2 aromatic rings. The van der Waals surface area contributed by atoms with E-state index in [0.29, 0.717) is 17.5 Å². The molecule has 8 heteroatoms. The van der Waals surface area contributed by atoms with Crippen LogP contribution < -0.4 is 15.8 Å². The van der Waals surface area contributed by atoms with E-state index in [1.165, 1.54) is 7.11 Å². The van der Waals surface area contributed by atoms with Crippen molar-refractivity contribution in [2.75, 3.05) is 12.4 Å². The van der Waals surface area contributed by atoms with E-state index in [4.69, 9.17) is 10.5 Å². The number of guanidine groups is 1. The Morgan fingerprint density at radius 3 is 2.42 bits per heavy atom. The molecule has 0 saturated heterocycles. The van der Waals surface area contributed by atoms with Crippen molar-refractivity contribution in [1.82, 2.24) is 0 Å². The SMILES string of the molecule is COc1ccc(NC(N)=NCc2ccc(F)cc2C(F)(F)F)cc1. The van der Waals surface area contributed by atoms with Crippen molar-refractivity contribution in [2.45, 2.75) is 12.7 Å². The number of nitrogens with two attached hydrogens (primary N) is 1. The monoisotopic (exact) mass is 341 g/mol. The van der Waals surface area contributed by atoms with Crippen LogP contribution in [0.5, 0.6) is 5.75 Å². The van der Waals surface area contributed by atoms with Crippen molar-refractivity contribution in [3.05, 3.63) is 59.4 Å². The van der Waals surface area contributed by atoms with Crippen LogP contribution in [-0.2, 0) is 12.7 Å². The van der Waals surface area contributed by atoms with Crippen molar-refractivity contribution >= 4 is 11.6 Å². The maximum atomic E-state index is 13.0. The summed E-state index contributed by atoms with van der Waals surface area (Å²) in [4.78, 5) is 3.87. The fourth-order valence-electron chi connectivity index (χ4n) is 1.98. The van der Waals surface area contributed by atoms with Crippen molar-refractivity contribution in [3.63, 3.8) is 0 Å².